The van der Waals surface area contributed by atoms with Gasteiger partial charge in [-0.2, -0.15) is 0 Å². The van der Waals surface area contributed by atoms with Crippen molar-refractivity contribution in [2.24, 2.45) is 10.8 Å². The van der Waals surface area contributed by atoms with Gasteiger partial charge in [0.25, 0.3) is 0 Å². The fourth-order valence-corrected chi connectivity index (χ4v) is 1.43. The zero-order valence-electron chi connectivity index (χ0n) is 11.5. The Kier molecular flexibility index (Phi) is 7.45. The van der Waals surface area contributed by atoms with Crippen LogP contribution >= 0.6 is 0 Å². The highest BCUT2D eigenvalue weighted by atomic mass is 16.5. The number of ether oxygens (including phenoxy) is 1. The number of nitrogens with one attached hydrogen (secondary N) is 2. The highest BCUT2D eigenvalue weighted by Gasteiger charge is 1.98. The zero-order valence-corrected chi connectivity index (χ0v) is 11.5. The van der Waals surface area contributed by atoms with Gasteiger partial charge in [0.2, 0.25) is 5.96 Å². The molecule has 0 fully saturated rings. The predicted octanol–water partition coefficient (Wildman–Crippen LogP) is 0.121. The molecule has 0 aliphatic carbocycles. The standard InChI is InChI=1S/C12H22N6O/c1-3-19-8-4-6-15-12(18-13)16-9-11-5-7-14-10(2)17-11/h5,7H,3-4,6,8-9,13H2,1-2H3,(H2,15,16,18). The molecule has 0 saturated carbocycles. The Labute approximate surface area is 113 Å². The summed E-state index contributed by atoms with van der Waals surface area (Å²) in [5.74, 6) is 6.69. The highest BCUT2D eigenvalue weighted by Crippen LogP contribution is 1.96. The van der Waals surface area contributed by atoms with E-state index in [9.17, 15) is 0 Å². The van der Waals surface area contributed by atoms with E-state index in [0.717, 1.165) is 37.7 Å². The summed E-state index contributed by atoms with van der Waals surface area (Å²) in [5.41, 5.74) is 3.39. The molecule has 0 aromatic carbocycles. The molecule has 0 saturated heterocycles. The number of hydrogen-bond donors (Lipinski definition) is 3. The topological polar surface area (TPSA) is 97.4 Å². The summed E-state index contributed by atoms with van der Waals surface area (Å²) < 4.78 is 5.24. The van der Waals surface area contributed by atoms with Gasteiger partial charge in [-0.1, -0.05) is 0 Å². The smallest absolute Gasteiger partial charge is 0.206 e. The number of guanidine groups is 1. The molecule has 0 spiro atoms. The van der Waals surface area contributed by atoms with Gasteiger partial charge < -0.3 is 10.1 Å². The van der Waals surface area contributed by atoms with Crippen molar-refractivity contribution >= 4 is 5.96 Å². The monoisotopic (exact) mass is 266 g/mol. The first kappa shape index (κ1) is 15.3. The van der Waals surface area contributed by atoms with Crippen molar-refractivity contribution < 1.29 is 4.74 Å². The minimum Gasteiger partial charge on any atom is -0.382 e. The quantitative estimate of drug-likeness (QED) is 0.213. The van der Waals surface area contributed by atoms with Crippen LogP contribution in [0.25, 0.3) is 0 Å². The van der Waals surface area contributed by atoms with Gasteiger partial charge in [-0.3, -0.25) is 5.43 Å². The third kappa shape index (κ3) is 6.68. The maximum absolute atomic E-state index is 5.40. The van der Waals surface area contributed by atoms with Crippen molar-refractivity contribution in [3.63, 3.8) is 0 Å². The molecule has 0 radical (unpaired) electrons. The molecule has 4 N–H and O–H groups in total. The van der Waals surface area contributed by atoms with Crippen molar-refractivity contribution in [1.82, 2.24) is 20.7 Å². The lowest BCUT2D eigenvalue weighted by atomic mass is 10.4. The number of hydrazine groups is 1. The summed E-state index contributed by atoms with van der Waals surface area (Å²) in [4.78, 5) is 12.6. The summed E-state index contributed by atoms with van der Waals surface area (Å²) in [6.45, 7) is 6.51. The minimum atomic E-state index is 0.460. The van der Waals surface area contributed by atoms with E-state index < -0.39 is 0 Å². The second kappa shape index (κ2) is 9.23. The van der Waals surface area contributed by atoms with Crippen LogP contribution < -0.4 is 16.6 Å². The molecule has 106 valence electrons. The van der Waals surface area contributed by atoms with Crippen molar-refractivity contribution in [3.05, 3.63) is 23.8 Å². The van der Waals surface area contributed by atoms with E-state index >= 15 is 0 Å². The van der Waals surface area contributed by atoms with Crippen LogP contribution in [0.5, 0.6) is 0 Å². The molecule has 0 atom stereocenters. The largest absolute Gasteiger partial charge is 0.382 e. The lowest BCUT2D eigenvalue weighted by Gasteiger charge is -2.09. The fraction of sp³-hybridized carbons (Fsp3) is 0.583. The first-order valence-electron chi connectivity index (χ1n) is 6.37. The van der Waals surface area contributed by atoms with Crippen molar-refractivity contribution in [2.75, 3.05) is 19.8 Å². The van der Waals surface area contributed by atoms with Gasteiger partial charge in [-0.05, 0) is 26.3 Å². The summed E-state index contributed by atoms with van der Waals surface area (Å²) >= 11 is 0. The molecule has 0 bridgehead atoms. The molecule has 1 heterocycles. The summed E-state index contributed by atoms with van der Waals surface area (Å²) in [5, 5.41) is 3.10. The van der Waals surface area contributed by atoms with Crippen LogP contribution in [0.2, 0.25) is 0 Å². The van der Waals surface area contributed by atoms with Crippen molar-refractivity contribution in [2.45, 2.75) is 26.8 Å². The number of aromatic nitrogens is 2. The molecular formula is C12H22N6O. The Balaban J connectivity index is 2.35. The van der Waals surface area contributed by atoms with Gasteiger partial charge in [0.05, 0.1) is 12.2 Å². The normalized spacial score (nSPS) is 11.4. The molecule has 1 aromatic heterocycles. The lowest BCUT2D eigenvalue weighted by molar-refractivity contribution is 0.145. The second-order valence-electron chi connectivity index (χ2n) is 3.88. The van der Waals surface area contributed by atoms with Gasteiger partial charge in [-0.25, -0.2) is 20.8 Å². The number of nitrogens with two attached hydrogens (primary N) is 1. The lowest BCUT2D eigenvalue weighted by Crippen LogP contribution is -2.42. The van der Waals surface area contributed by atoms with E-state index in [1.165, 1.54) is 0 Å². The van der Waals surface area contributed by atoms with Crippen LogP contribution in [0.1, 0.15) is 24.9 Å². The predicted molar refractivity (Wildman–Crippen MR) is 74.3 cm³/mol. The molecule has 0 amide bonds. The number of hydrogen-bond acceptors (Lipinski definition) is 5. The fourth-order valence-electron chi connectivity index (χ4n) is 1.43. The van der Waals surface area contributed by atoms with Crippen molar-refractivity contribution in [3.8, 4) is 0 Å². The average Bonchev–Trinajstić information content (AvgIpc) is 2.42. The molecule has 7 nitrogen and oxygen atoms in total. The Bertz CT molecular complexity index is 396. The van der Waals surface area contributed by atoms with E-state index in [2.05, 4.69) is 25.7 Å². The summed E-state index contributed by atoms with van der Waals surface area (Å²) in [6.07, 6.45) is 2.62. The number of nitrogens with zero attached hydrogens (tertiary/aromatic N) is 3. The van der Waals surface area contributed by atoms with Gasteiger partial charge in [0.15, 0.2) is 0 Å². The summed E-state index contributed by atoms with van der Waals surface area (Å²) in [6, 6.07) is 1.83. The zero-order chi connectivity index (χ0) is 13.9. The van der Waals surface area contributed by atoms with E-state index in [-0.39, 0.29) is 0 Å². The Morgan fingerprint density at radius 1 is 1.53 bits per heavy atom. The summed E-state index contributed by atoms with van der Waals surface area (Å²) in [7, 11) is 0. The van der Waals surface area contributed by atoms with Crippen LogP contribution in [0.4, 0.5) is 0 Å². The molecule has 0 aliphatic heterocycles. The molecular weight excluding hydrogens is 244 g/mol. The van der Waals surface area contributed by atoms with E-state index in [1.807, 2.05) is 19.9 Å². The average molecular weight is 266 g/mol. The van der Waals surface area contributed by atoms with E-state index in [4.69, 9.17) is 10.6 Å². The van der Waals surface area contributed by atoms with Crippen LogP contribution in [0.15, 0.2) is 17.3 Å². The molecule has 0 aliphatic rings. The molecule has 7 heteroatoms. The number of aliphatic imine (C=N–C) groups is 1. The molecule has 0 unspecified atom stereocenters. The molecule has 19 heavy (non-hydrogen) atoms. The van der Waals surface area contributed by atoms with Gasteiger partial charge in [0, 0.05) is 26.0 Å². The highest BCUT2D eigenvalue weighted by molar-refractivity contribution is 5.79. The van der Waals surface area contributed by atoms with Gasteiger partial charge in [0.1, 0.15) is 5.82 Å². The van der Waals surface area contributed by atoms with Crippen LogP contribution in [-0.2, 0) is 11.3 Å². The third-order valence-electron chi connectivity index (χ3n) is 2.33. The Hall–Kier alpha value is -1.73. The first-order chi connectivity index (χ1) is 9.26. The van der Waals surface area contributed by atoms with E-state index in [1.54, 1.807) is 6.20 Å². The first-order valence-corrected chi connectivity index (χ1v) is 6.37. The van der Waals surface area contributed by atoms with Crippen molar-refractivity contribution in [1.29, 1.82) is 0 Å². The molecule has 1 rings (SSSR count). The second-order valence-corrected chi connectivity index (χ2v) is 3.88. The third-order valence-corrected chi connectivity index (χ3v) is 2.33. The number of rotatable bonds is 7. The van der Waals surface area contributed by atoms with E-state index in [0.29, 0.717) is 12.5 Å². The molecule has 1 aromatic rings. The van der Waals surface area contributed by atoms with Crippen LogP contribution in [0.3, 0.4) is 0 Å². The Morgan fingerprint density at radius 3 is 3.05 bits per heavy atom. The Morgan fingerprint density at radius 2 is 2.37 bits per heavy atom. The maximum atomic E-state index is 5.40. The maximum Gasteiger partial charge on any atom is 0.206 e. The SMILES string of the molecule is CCOCCCNC(=NCc1ccnc(C)n1)NN. The van der Waals surface area contributed by atoms with Crippen LogP contribution in [0, 0.1) is 6.92 Å². The van der Waals surface area contributed by atoms with Gasteiger partial charge in [-0.15, -0.1) is 0 Å². The minimum absolute atomic E-state index is 0.460. The van der Waals surface area contributed by atoms with Crippen LogP contribution in [-0.4, -0.2) is 35.7 Å². The van der Waals surface area contributed by atoms with Gasteiger partial charge >= 0.3 is 0 Å². The number of aryl methyl sites for hydroxylation is 1.